The molecule has 0 radical (unpaired) electrons. The Hall–Kier alpha value is -3.23. The molecular formula is C15H20N5O4+. The van der Waals surface area contributed by atoms with Crippen LogP contribution in [0, 0.1) is 0 Å². The Morgan fingerprint density at radius 1 is 1.25 bits per heavy atom. The molecule has 0 aromatic heterocycles. The summed E-state index contributed by atoms with van der Waals surface area (Å²) in [6.07, 6.45) is 2.44. The number of piperazine rings is 1. The van der Waals surface area contributed by atoms with Crippen LogP contribution < -0.4 is 27.1 Å². The second kappa shape index (κ2) is 7.36. The summed E-state index contributed by atoms with van der Waals surface area (Å²) in [5.41, 5.74) is 11.1. The van der Waals surface area contributed by atoms with Crippen LogP contribution >= 0.6 is 0 Å². The summed E-state index contributed by atoms with van der Waals surface area (Å²) < 4.78 is 0. The topological polar surface area (TPSA) is 165 Å². The molecule has 2 rings (SSSR count). The molecule has 9 nitrogen and oxygen atoms in total. The van der Waals surface area contributed by atoms with Crippen molar-refractivity contribution in [2.75, 3.05) is 6.54 Å². The zero-order valence-corrected chi connectivity index (χ0v) is 12.9. The van der Waals surface area contributed by atoms with E-state index in [2.05, 4.69) is 15.6 Å². The van der Waals surface area contributed by atoms with E-state index in [1.54, 1.807) is 0 Å². The molecule has 0 saturated carbocycles. The van der Waals surface area contributed by atoms with Crippen molar-refractivity contribution in [3.8, 4) is 11.5 Å². The van der Waals surface area contributed by atoms with Crippen molar-refractivity contribution in [2.24, 2.45) is 11.5 Å². The number of nitrogens with one attached hydrogen (secondary N) is 3. The van der Waals surface area contributed by atoms with Crippen LogP contribution in [0.2, 0.25) is 0 Å². The fourth-order valence-corrected chi connectivity index (χ4v) is 2.22. The predicted octanol–water partition coefficient (Wildman–Crippen LogP) is -2.81. The maximum absolute atomic E-state index is 12.1. The predicted molar refractivity (Wildman–Crippen MR) is 86.3 cm³/mol. The van der Waals surface area contributed by atoms with Gasteiger partial charge >= 0.3 is 5.96 Å². The van der Waals surface area contributed by atoms with Crippen molar-refractivity contribution in [1.82, 2.24) is 10.6 Å². The Bertz CT molecular complexity index is 710. The monoisotopic (exact) mass is 334 g/mol. The normalized spacial score (nSPS) is 18.8. The van der Waals surface area contributed by atoms with E-state index in [-0.39, 0.29) is 29.1 Å². The summed E-state index contributed by atoms with van der Waals surface area (Å²) in [5.74, 6) is -1.22. The van der Waals surface area contributed by atoms with Crippen molar-refractivity contribution in [3.63, 3.8) is 0 Å². The van der Waals surface area contributed by atoms with Gasteiger partial charge in [-0.3, -0.25) is 26.0 Å². The molecule has 24 heavy (non-hydrogen) atoms. The zero-order valence-electron chi connectivity index (χ0n) is 12.9. The summed E-state index contributed by atoms with van der Waals surface area (Å²) in [4.78, 5) is 26.9. The van der Waals surface area contributed by atoms with E-state index in [4.69, 9.17) is 11.5 Å². The minimum Gasteiger partial charge on any atom is -0.504 e. The van der Waals surface area contributed by atoms with E-state index in [0.29, 0.717) is 24.9 Å². The molecule has 1 aliphatic heterocycles. The lowest BCUT2D eigenvalue weighted by atomic mass is 10.1. The summed E-state index contributed by atoms with van der Waals surface area (Å²) in [6.45, 7) is 0.497. The molecule has 0 bridgehead atoms. The largest absolute Gasteiger partial charge is 0.504 e. The highest BCUT2D eigenvalue weighted by molar-refractivity contribution is 6.07. The number of carbonyl (C=O) groups excluding carboxylic acids is 2. The van der Waals surface area contributed by atoms with E-state index in [1.165, 1.54) is 24.3 Å². The van der Waals surface area contributed by atoms with Crippen LogP contribution in [0.5, 0.6) is 11.5 Å². The summed E-state index contributed by atoms with van der Waals surface area (Å²) in [7, 11) is 0. The van der Waals surface area contributed by atoms with Gasteiger partial charge in [0.05, 0.1) is 6.54 Å². The number of phenols is 2. The average molecular weight is 334 g/mol. The van der Waals surface area contributed by atoms with Gasteiger partial charge in [-0.25, -0.2) is 0 Å². The van der Waals surface area contributed by atoms with Crippen LogP contribution in [0.4, 0.5) is 0 Å². The minimum atomic E-state index is -0.635. The third-order valence-electron chi connectivity index (χ3n) is 3.43. The van der Waals surface area contributed by atoms with E-state index < -0.39 is 11.9 Å². The molecule has 1 aromatic rings. The molecule has 1 aliphatic rings. The Morgan fingerprint density at radius 3 is 2.67 bits per heavy atom. The summed E-state index contributed by atoms with van der Waals surface area (Å²) >= 11 is 0. The van der Waals surface area contributed by atoms with E-state index in [1.807, 2.05) is 0 Å². The van der Waals surface area contributed by atoms with E-state index in [0.717, 1.165) is 0 Å². The van der Waals surface area contributed by atoms with Gasteiger partial charge in [-0.1, -0.05) is 6.07 Å². The van der Waals surface area contributed by atoms with Gasteiger partial charge < -0.3 is 20.8 Å². The molecule has 9 N–H and O–H groups in total. The number of nitrogens with two attached hydrogens (primary N) is 2. The number of phenolic OH excluding ortho intramolecular Hbond substituents is 2. The molecule has 1 saturated heterocycles. The van der Waals surface area contributed by atoms with Gasteiger partial charge in [-0.2, -0.15) is 0 Å². The van der Waals surface area contributed by atoms with E-state index >= 15 is 0 Å². The van der Waals surface area contributed by atoms with Gasteiger partial charge in [0, 0.05) is 0 Å². The first-order valence-corrected chi connectivity index (χ1v) is 7.34. The molecule has 1 fully saturated rings. The third kappa shape index (κ3) is 4.38. The number of aromatic hydroxyl groups is 2. The number of rotatable bonds is 5. The Morgan fingerprint density at radius 2 is 2.00 bits per heavy atom. The lowest BCUT2D eigenvalue weighted by Crippen LogP contribution is -2.78. The number of carbonyl (C=O) groups is 2. The number of benzene rings is 1. The van der Waals surface area contributed by atoms with Crippen molar-refractivity contribution in [1.29, 1.82) is 0 Å². The molecule has 1 atom stereocenters. The fraction of sp³-hybridized carbons (Fsp3) is 0.267. The second-order valence-corrected chi connectivity index (χ2v) is 5.35. The van der Waals surface area contributed by atoms with Gasteiger partial charge in [-0.05, 0) is 36.6 Å². The third-order valence-corrected chi connectivity index (χ3v) is 3.43. The maximum atomic E-state index is 12.1. The molecule has 128 valence electrons. The molecule has 0 unspecified atom stereocenters. The first kappa shape index (κ1) is 17.1. The second-order valence-electron chi connectivity index (χ2n) is 5.35. The highest BCUT2D eigenvalue weighted by Gasteiger charge is 2.29. The molecule has 1 heterocycles. The SMILES string of the molecule is NC(N)=[NH+]CCC[C@@H]1NC(=O)/C(=C/c2ccc(O)c(O)c2)NC1=O. The Labute approximate surface area is 138 Å². The fourth-order valence-electron chi connectivity index (χ4n) is 2.22. The van der Waals surface area contributed by atoms with Gasteiger partial charge in [0.2, 0.25) is 5.91 Å². The van der Waals surface area contributed by atoms with Crippen LogP contribution in [0.15, 0.2) is 23.9 Å². The van der Waals surface area contributed by atoms with Crippen LogP contribution in [-0.2, 0) is 9.59 Å². The minimum absolute atomic E-state index is 0.0685. The van der Waals surface area contributed by atoms with Gasteiger partial charge in [0.25, 0.3) is 5.91 Å². The van der Waals surface area contributed by atoms with Crippen molar-refractivity contribution >= 4 is 23.8 Å². The quantitative estimate of drug-likeness (QED) is 0.101. The van der Waals surface area contributed by atoms with Gasteiger partial charge in [-0.15, -0.1) is 0 Å². The lowest BCUT2D eigenvalue weighted by molar-refractivity contribution is -0.459. The average Bonchev–Trinajstić information content (AvgIpc) is 2.51. The maximum Gasteiger partial charge on any atom is 0.338 e. The highest BCUT2D eigenvalue weighted by atomic mass is 16.3. The number of amides is 2. The molecule has 0 aliphatic carbocycles. The molecule has 1 aromatic carbocycles. The summed E-state index contributed by atoms with van der Waals surface area (Å²) in [6, 6.07) is 3.45. The van der Waals surface area contributed by atoms with E-state index in [9.17, 15) is 19.8 Å². The Kier molecular flexibility index (Phi) is 5.25. The smallest absolute Gasteiger partial charge is 0.338 e. The number of guanidine groups is 1. The molecule has 2 amide bonds. The van der Waals surface area contributed by atoms with Crippen LogP contribution in [-0.4, -0.2) is 40.6 Å². The van der Waals surface area contributed by atoms with Gasteiger partial charge in [0.15, 0.2) is 11.5 Å². The number of hydrogen-bond acceptors (Lipinski definition) is 4. The van der Waals surface area contributed by atoms with Crippen molar-refractivity contribution < 1.29 is 24.8 Å². The number of hydrogen-bond donors (Lipinski definition) is 7. The summed E-state index contributed by atoms with van der Waals surface area (Å²) in [5, 5.41) is 23.9. The van der Waals surface area contributed by atoms with Crippen molar-refractivity contribution in [3.05, 3.63) is 29.5 Å². The standard InChI is InChI=1S/C15H19N5O4/c16-15(17)18-5-1-2-9-13(23)20-10(14(24)19-9)6-8-3-4-11(21)12(22)7-8/h3-4,6-7,9,21-22H,1-2,5H2,(H,19,24)(H,20,23)(H4,16,17,18)/p+1/b10-6-/t9-/m0/s1. The first-order valence-electron chi connectivity index (χ1n) is 7.34. The van der Waals surface area contributed by atoms with Gasteiger partial charge in [0.1, 0.15) is 11.7 Å². The van der Waals surface area contributed by atoms with Crippen LogP contribution in [0.25, 0.3) is 6.08 Å². The van der Waals surface area contributed by atoms with Crippen LogP contribution in [0.1, 0.15) is 18.4 Å². The van der Waals surface area contributed by atoms with Crippen LogP contribution in [0.3, 0.4) is 0 Å². The van der Waals surface area contributed by atoms with Crippen molar-refractivity contribution in [2.45, 2.75) is 18.9 Å². The Balaban J connectivity index is 2.00. The lowest BCUT2D eigenvalue weighted by Gasteiger charge is -2.24. The molecular weight excluding hydrogens is 314 g/mol. The first-order chi connectivity index (χ1) is 11.4. The zero-order chi connectivity index (χ0) is 17.7. The highest BCUT2D eigenvalue weighted by Crippen LogP contribution is 2.26. The molecule has 9 heteroatoms. The molecule has 0 spiro atoms.